The molecule has 0 saturated carbocycles. The van der Waals surface area contributed by atoms with Crippen LogP contribution in [0.15, 0.2) is 64.9 Å². The fraction of sp³-hybridized carbons (Fsp3) is 0.217. The maximum atomic E-state index is 13.0. The lowest BCUT2D eigenvalue weighted by Crippen LogP contribution is -2.44. The van der Waals surface area contributed by atoms with Crippen LogP contribution in [0.4, 0.5) is 0 Å². The van der Waals surface area contributed by atoms with Crippen LogP contribution < -0.4 is 0 Å². The summed E-state index contributed by atoms with van der Waals surface area (Å²) in [5.74, 6) is -1.57. The number of hydrogen-bond acceptors (Lipinski definition) is 5. The van der Waals surface area contributed by atoms with Crippen LogP contribution in [0, 0.1) is 5.92 Å². The van der Waals surface area contributed by atoms with Crippen molar-refractivity contribution in [1.29, 1.82) is 0 Å². The van der Waals surface area contributed by atoms with Crippen molar-refractivity contribution < 1.29 is 23.1 Å². The van der Waals surface area contributed by atoms with Crippen LogP contribution in [-0.4, -0.2) is 35.6 Å². The third-order valence-corrected chi connectivity index (χ3v) is 8.91. The van der Waals surface area contributed by atoms with Gasteiger partial charge in [0.25, 0.3) is 10.0 Å². The van der Waals surface area contributed by atoms with Crippen molar-refractivity contribution in [2.24, 2.45) is 5.92 Å². The van der Waals surface area contributed by atoms with Crippen LogP contribution >= 0.6 is 11.3 Å². The van der Waals surface area contributed by atoms with Gasteiger partial charge in [-0.05, 0) is 23.1 Å². The zero-order chi connectivity index (χ0) is 22.3. The van der Waals surface area contributed by atoms with Gasteiger partial charge < -0.3 is 5.11 Å². The first-order valence-electron chi connectivity index (χ1n) is 9.77. The van der Waals surface area contributed by atoms with E-state index < -0.39 is 22.0 Å². The van der Waals surface area contributed by atoms with Crippen LogP contribution in [-0.2, 0) is 21.4 Å². The van der Waals surface area contributed by atoms with E-state index in [0.717, 1.165) is 26.1 Å². The molecule has 1 aromatic heterocycles. The lowest BCUT2D eigenvalue weighted by Gasteiger charge is -2.25. The maximum absolute atomic E-state index is 13.0. The van der Waals surface area contributed by atoms with Crippen LogP contribution in [0.1, 0.15) is 35.3 Å². The number of fused-ring (bicyclic) bond motifs is 1. The van der Waals surface area contributed by atoms with Crippen LogP contribution in [0.5, 0.6) is 0 Å². The minimum Gasteiger partial charge on any atom is -0.480 e. The number of carboxylic acid groups (broad SMARTS) is 1. The Kier molecular flexibility index (Phi) is 5.55. The zero-order valence-electron chi connectivity index (χ0n) is 17.0. The van der Waals surface area contributed by atoms with Crippen LogP contribution in [0.3, 0.4) is 0 Å². The van der Waals surface area contributed by atoms with Gasteiger partial charge in [-0.1, -0.05) is 68.4 Å². The molecule has 2 heterocycles. The molecular formula is C23H21NO5S2. The highest BCUT2D eigenvalue weighted by Crippen LogP contribution is 2.42. The normalized spacial score (nSPS) is 16.2. The number of thiophene rings is 1. The van der Waals surface area contributed by atoms with Gasteiger partial charge in [-0.3, -0.25) is 9.59 Å². The van der Waals surface area contributed by atoms with Gasteiger partial charge in [0.05, 0.1) is 0 Å². The number of aliphatic carboxylic acids is 1. The molecule has 1 unspecified atom stereocenters. The molecule has 1 atom stereocenters. The third kappa shape index (κ3) is 3.82. The number of sulfonamides is 1. The first kappa shape index (κ1) is 21.4. The SMILES string of the molecule is CC(C)C(C(=O)O)N1Cc2cc(-c3ccc(C(=O)c4ccccc4)cc3)sc2S1(=O)=O. The molecular weight excluding hydrogens is 434 g/mol. The average Bonchev–Trinajstić information content (AvgIpc) is 3.26. The zero-order valence-corrected chi connectivity index (χ0v) is 18.6. The van der Waals surface area contributed by atoms with Gasteiger partial charge in [0, 0.05) is 22.5 Å². The molecule has 3 aromatic rings. The predicted molar refractivity (Wildman–Crippen MR) is 119 cm³/mol. The summed E-state index contributed by atoms with van der Waals surface area (Å²) >= 11 is 1.13. The quantitative estimate of drug-likeness (QED) is 0.561. The molecule has 0 saturated heterocycles. The first-order chi connectivity index (χ1) is 14.7. The molecule has 4 rings (SSSR count). The molecule has 0 aliphatic carbocycles. The summed E-state index contributed by atoms with van der Waals surface area (Å²) in [6.45, 7) is 3.45. The predicted octanol–water partition coefficient (Wildman–Crippen LogP) is 4.26. The summed E-state index contributed by atoms with van der Waals surface area (Å²) in [4.78, 5) is 25.0. The van der Waals surface area contributed by atoms with Gasteiger partial charge in [-0.25, -0.2) is 8.42 Å². The molecule has 0 bridgehead atoms. The Morgan fingerprint density at radius 3 is 2.16 bits per heavy atom. The Bertz CT molecular complexity index is 1240. The summed E-state index contributed by atoms with van der Waals surface area (Å²) in [5, 5.41) is 9.51. The van der Waals surface area contributed by atoms with E-state index in [0.29, 0.717) is 16.7 Å². The summed E-state index contributed by atoms with van der Waals surface area (Å²) in [6, 6.07) is 16.8. The standard InChI is InChI=1S/C23H21NO5S2/c1-14(2)20(22(26)27)24-13-18-12-19(30-23(18)31(24,28)29)15-8-10-17(11-9-15)21(25)16-6-4-3-5-7-16/h3-12,14,20H,13H2,1-2H3,(H,26,27). The fourth-order valence-electron chi connectivity index (χ4n) is 3.77. The highest BCUT2D eigenvalue weighted by molar-refractivity contribution is 7.91. The molecule has 6 nitrogen and oxygen atoms in total. The third-order valence-electron chi connectivity index (χ3n) is 5.30. The molecule has 1 aliphatic heterocycles. The largest absolute Gasteiger partial charge is 0.480 e. The number of nitrogens with zero attached hydrogens (tertiary/aromatic N) is 1. The van der Waals surface area contributed by atoms with E-state index in [1.54, 1.807) is 56.3 Å². The van der Waals surface area contributed by atoms with Crippen molar-refractivity contribution >= 4 is 33.1 Å². The van der Waals surface area contributed by atoms with Crippen molar-refractivity contribution in [2.75, 3.05) is 0 Å². The monoisotopic (exact) mass is 455 g/mol. The van der Waals surface area contributed by atoms with E-state index in [2.05, 4.69) is 0 Å². The Morgan fingerprint density at radius 1 is 1.00 bits per heavy atom. The number of benzene rings is 2. The topological polar surface area (TPSA) is 91.8 Å². The Labute approximate surface area is 184 Å². The van der Waals surface area contributed by atoms with E-state index in [1.807, 2.05) is 18.2 Å². The minimum atomic E-state index is -3.86. The number of ketones is 1. The lowest BCUT2D eigenvalue weighted by atomic mass is 10.0. The second-order valence-corrected chi connectivity index (χ2v) is 10.9. The molecule has 31 heavy (non-hydrogen) atoms. The lowest BCUT2D eigenvalue weighted by molar-refractivity contribution is -0.143. The van der Waals surface area contributed by atoms with E-state index in [-0.39, 0.29) is 22.5 Å². The molecule has 0 spiro atoms. The van der Waals surface area contributed by atoms with E-state index in [4.69, 9.17) is 0 Å². The maximum Gasteiger partial charge on any atom is 0.322 e. The Balaban J connectivity index is 1.61. The number of carbonyl (C=O) groups excluding carboxylic acids is 1. The van der Waals surface area contributed by atoms with Crippen molar-refractivity contribution in [3.8, 4) is 10.4 Å². The van der Waals surface area contributed by atoms with Gasteiger partial charge in [0.2, 0.25) is 0 Å². The van der Waals surface area contributed by atoms with Crippen molar-refractivity contribution in [1.82, 2.24) is 4.31 Å². The molecule has 1 aliphatic rings. The van der Waals surface area contributed by atoms with Crippen molar-refractivity contribution in [3.63, 3.8) is 0 Å². The number of carboxylic acids is 1. The second-order valence-electron chi connectivity index (χ2n) is 7.77. The van der Waals surface area contributed by atoms with Crippen molar-refractivity contribution in [3.05, 3.63) is 77.4 Å². The van der Waals surface area contributed by atoms with Gasteiger partial charge in [0.1, 0.15) is 10.3 Å². The second kappa shape index (κ2) is 8.03. The molecule has 0 fully saturated rings. The van der Waals surface area contributed by atoms with Gasteiger partial charge in [-0.2, -0.15) is 4.31 Å². The Hall–Kier alpha value is -2.81. The molecule has 2 aromatic carbocycles. The smallest absolute Gasteiger partial charge is 0.322 e. The average molecular weight is 456 g/mol. The van der Waals surface area contributed by atoms with Gasteiger partial charge >= 0.3 is 5.97 Å². The van der Waals surface area contributed by atoms with Gasteiger partial charge in [0.15, 0.2) is 5.78 Å². The van der Waals surface area contributed by atoms with Crippen LogP contribution in [0.25, 0.3) is 10.4 Å². The van der Waals surface area contributed by atoms with Crippen LogP contribution in [0.2, 0.25) is 0 Å². The first-order valence-corrected chi connectivity index (χ1v) is 12.0. The highest BCUT2D eigenvalue weighted by atomic mass is 32.2. The van der Waals surface area contributed by atoms with Gasteiger partial charge in [-0.15, -0.1) is 11.3 Å². The molecule has 1 N–H and O–H groups in total. The van der Waals surface area contributed by atoms with E-state index in [9.17, 15) is 23.1 Å². The number of hydrogen-bond donors (Lipinski definition) is 1. The molecule has 8 heteroatoms. The summed E-state index contributed by atoms with van der Waals surface area (Å²) in [7, 11) is -3.86. The molecule has 0 radical (unpaired) electrons. The Morgan fingerprint density at radius 2 is 1.61 bits per heavy atom. The van der Waals surface area contributed by atoms with Crippen molar-refractivity contribution in [2.45, 2.75) is 30.6 Å². The number of rotatable bonds is 6. The summed E-state index contributed by atoms with van der Waals surface area (Å²) < 4.78 is 27.3. The number of carbonyl (C=O) groups is 2. The molecule has 0 amide bonds. The van der Waals surface area contributed by atoms with E-state index >= 15 is 0 Å². The highest BCUT2D eigenvalue weighted by Gasteiger charge is 2.45. The molecule has 160 valence electrons. The van der Waals surface area contributed by atoms with E-state index in [1.165, 1.54) is 0 Å². The summed E-state index contributed by atoms with van der Waals surface area (Å²) in [5.41, 5.74) is 2.58. The minimum absolute atomic E-state index is 0.0495. The summed E-state index contributed by atoms with van der Waals surface area (Å²) in [6.07, 6.45) is 0. The fourth-order valence-corrected chi connectivity index (χ4v) is 7.27.